The van der Waals surface area contributed by atoms with E-state index >= 15 is 0 Å². The highest BCUT2D eigenvalue weighted by Gasteiger charge is 2.23. The van der Waals surface area contributed by atoms with Crippen LogP contribution in [-0.2, 0) is 6.42 Å². The molecule has 0 atom stereocenters. The summed E-state index contributed by atoms with van der Waals surface area (Å²) in [5, 5.41) is 7.64. The number of aryl methyl sites for hydroxylation is 2. The van der Waals surface area contributed by atoms with Crippen LogP contribution in [0.4, 0.5) is 0 Å². The average molecular weight is 519 g/mol. The molecule has 9 rings (SSSR count). The molecule has 40 heavy (non-hydrogen) atoms. The Hall–Kier alpha value is -4.37. The molecule has 1 aliphatic carbocycles. The number of benzene rings is 4. The fraction of sp³-hybridized carbons (Fsp3) is 0.216. The molecular weight excluding hydrogens is 488 g/mol. The van der Waals surface area contributed by atoms with Crippen molar-refractivity contribution in [1.29, 1.82) is 0 Å². The van der Waals surface area contributed by atoms with Crippen molar-refractivity contribution in [2.24, 2.45) is 5.92 Å². The van der Waals surface area contributed by atoms with Crippen molar-refractivity contribution < 1.29 is 4.42 Å². The lowest BCUT2D eigenvalue weighted by atomic mass is 9.96. The molecule has 4 aromatic heterocycles. The number of hydrogen-bond donors (Lipinski definition) is 0. The fourth-order valence-corrected chi connectivity index (χ4v) is 7.79. The first-order valence-electron chi connectivity index (χ1n) is 14.6. The number of aromatic nitrogens is 2. The van der Waals surface area contributed by atoms with E-state index in [2.05, 4.69) is 85.0 Å². The Morgan fingerprint density at radius 2 is 1.55 bits per heavy atom. The van der Waals surface area contributed by atoms with E-state index in [-0.39, 0.29) is 0 Å². The molecule has 1 fully saturated rings. The molecule has 0 N–H and O–H groups in total. The van der Waals surface area contributed by atoms with Gasteiger partial charge >= 0.3 is 0 Å². The standard InChI is InChI=1S/C37H30N2O/c1-21-15-22(2)36-29-19-27-26-9-5-6-10-33(26)40-34(27)20-32(29)39-31-12-11-25(18-28(31)35(21)37(36)39)30-17-24(13-14-38-30)16-23-7-3-4-8-23/h5-6,9-15,17-20,23H,3-4,7-8,16H2,1-2H3. The van der Waals surface area contributed by atoms with Crippen molar-refractivity contribution in [2.75, 3.05) is 0 Å². The summed E-state index contributed by atoms with van der Waals surface area (Å²) < 4.78 is 8.80. The minimum atomic E-state index is 0.830. The first-order chi connectivity index (χ1) is 19.6. The molecule has 1 saturated carbocycles. The molecule has 0 unspecified atom stereocenters. The second kappa shape index (κ2) is 8.08. The molecule has 0 bridgehead atoms. The van der Waals surface area contributed by atoms with Crippen LogP contribution >= 0.6 is 0 Å². The minimum Gasteiger partial charge on any atom is -0.456 e. The normalized spacial score (nSPS) is 14.8. The Morgan fingerprint density at radius 1 is 0.750 bits per heavy atom. The lowest BCUT2D eigenvalue weighted by Crippen LogP contribution is -1.99. The average Bonchev–Trinajstić information content (AvgIpc) is 3.73. The van der Waals surface area contributed by atoms with Gasteiger partial charge in [0, 0.05) is 50.1 Å². The van der Waals surface area contributed by atoms with Crippen molar-refractivity contribution in [2.45, 2.75) is 46.0 Å². The highest BCUT2D eigenvalue weighted by molar-refractivity contribution is 6.27. The van der Waals surface area contributed by atoms with E-state index in [0.717, 1.165) is 22.8 Å². The summed E-state index contributed by atoms with van der Waals surface area (Å²) in [6.07, 6.45) is 8.67. The van der Waals surface area contributed by atoms with E-state index in [4.69, 9.17) is 9.40 Å². The van der Waals surface area contributed by atoms with Crippen molar-refractivity contribution in [3.05, 3.63) is 95.7 Å². The van der Waals surface area contributed by atoms with Crippen LogP contribution in [-0.4, -0.2) is 9.38 Å². The monoisotopic (exact) mass is 518 g/mol. The van der Waals surface area contributed by atoms with Crippen LogP contribution in [0.2, 0.25) is 0 Å². The summed E-state index contributed by atoms with van der Waals surface area (Å²) in [5.41, 5.74) is 12.0. The molecule has 0 aliphatic heterocycles. The molecule has 1 aliphatic rings. The summed E-state index contributed by atoms with van der Waals surface area (Å²) in [6, 6.07) is 26.8. The molecule has 4 aromatic carbocycles. The largest absolute Gasteiger partial charge is 0.456 e. The summed E-state index contributed by atoms with van der Waals surface area (Å²) in [7, 11) is 0. The molecule has 8 aromatic rings. The lowest BCUT2D eigenvalue weighted by Gasteiger charge is -2.10. The number of hydrogen-bond acceptors (Lipinski definition) is 2. The van der Waals surface area contributed by atoms with Crippen LogP contribution in [0.5, 0.6) is 0 Å². The van der Waals surface area contributed by atoms with Crippen LogP contribution in [0.3, 0.4) is 0 Å². The van der Waals surface area contributed by atoms with Gasteiger partial charge in [0.1, 0.15) is 11.2 Å². The highest BCUT2D eigenvalue weighted by Crippen LogP contribution is 2.45. The SMILES string of the molecule is Cc1cc(C)c2c3cc4c(cc3n3c5ccc(-c6cc(CC7CCCC7)ccn6)cc5c1c23)oc1ccccc14. The van der Waals surface area contributed by atoms with Gasteiger partial charge < -0.3 is 8.82 Å². The maximum Gasteiger partial charge on any atom is 0.137 e. The van der Waals surface area contributed by atoms with Gasteiger partial charge in [-0.25, -0.2) is 0 Å². The van der Waals surface area contributed by atoms with Gasteiger partial charge in [-0.2, -0.15) is 0 Å². The first-order valence-corrected chi connectivity index (χ1v) is 14.6. The summed E-state index contributed by atoms with van der Waals surface area (Å²) in [5.74, 6) is 0.830. The minimum absolute atomic E-state index is 0.830. The van der Waals surface area contributed by atoms with Crippen molar-refractivity contribution in [3.8, 4) is 11.3 Å². The van der Waals surface area contributed by atoms with Crippen LogP contribution in [0.25, 0.3) is 71.3 Å². The predicted octanol–water partition coefficient (Wildman–Crippen LogP) is 10.1. The van der Waals surface area contributed by atoms with Crippen molar-refractivity contribution in [1.82, 2.24) is 9.38 Å². The third-order valence-electron chi connectivity index (χ3n) is 9.55. The Kier molecular flexibility index (Phi) is 4.53. The number of nitrogens with zero attached hydrogens (tertiary/aromatic N) is 2. The third-order valence-corrected chi connectivity index (χ3v) is 9.55. The molecule has 4 heterocycles. The molecule has 194 valence electrons. The molecule has 0 amide bonds. The van der Waals surface area contributed by atoms with E-state index in [1.54, 1.807) is 0 Å². The number of furan rings is 1. The fourth-order valence-electron chi connectivity index (χ4n) is 7.79. The van der Waals surface area contributed by atoms with Gasteiger partial charge in [0.05, 0.1) is 22.2 Å². The van der Waals surface area contributed by atoms with Gasteiger partial charge in [0.25, 0.3) is 0 Å². The zero-order chi connectivity index (χ0) is 26.5. The first kappa shape index (κ1) is 22.4. The molecule has 0 spiro atoms. The molecule has 3 nitrogen and oxygen atoms in total. The predicted molar refractivity (Wildman–Crippen MR) is 167 cm³/mol. The van der Waals surface area contributed by atoms with Crippen molar-refractivity contribution >= 4 is 60.0 Å². The second-order valence-corrected chi connectivity index (χ2v) is 12.0. The zero-order valence-electron chi connectivity index (χ0n) is 22.9. The van der Waals surface area contributed by atoms with E-state index < -0.39 is 0 Å². The van der Waals surface area contributed by atoms with E-state index in [1.807, 2.05) is 12.3 Å². The van der Waals surface area contributed by atoms with E-state index in [9.17, 15) is 0 Å². The molecule has 3 heteroatoms. The maximum atomic E-state index is 6.33. The van der Waals surface area contributed by atoms with Gasteiger partial charge in [-0.15, -0.1) is 0 Å². The Morgan fingerprint density at radius 3 is 2.40 bits per heavy atom. The number of para-hydroxylation sites is 1. The van der Waals surface area contributed by atoms with Gasteiger partial charge in [-0.3, -0.25) is 4.98 Å². The Balaban J connectivity index is 1.31. The number of fused-ring (bicyclic) bond motifs is 9. The van der Waals surface area contributed by atoms with Crippen LogP contribution < -0.4 is 0 Å². The topological polar surface area (TPSA) is 30.4 Å². The third kappa shape index (κ3) is 3.03. The summed E-state index contributed by atoms with van der Waals surface area (Å²) in [6.45, 7) is 4.51. The Labute approximate surface area is 232 Å². The maximum absolute atomic E-state index is 6.33. The van der Waals surface area contributed by atoms with Gasteiger partial charge in [0.15, 0.2) is 0 Å². The summed E-state index contributed by atoms with van der Waals surface area (Å²) in [4.78, 5) is 4.82. The number of pyridine rings is 1. The molecule has 0 radical (unpaired) electrons. The second-order valence-electron chi connectivity index (χ2n) is 12.0. The number of rotatable bonds is 3. The van der Waals surface area contributed by atoms with Crippen LogP contribution in [0.1, 0.15) is 42.4 Å². The lowest BCUT2D eigenvalue weighted by molar-refractivity contribution is 0.546. The summed E-state index contributed by atoms with van der Waals surface area (Å²) >= 11 is 0. The smallest absolute Gasteiger partial charge is 0.137 e. The van der Waals surface area contributed by atoms with Gasteiger partial charge in [-0.05, 0) is 79.3 Å². The molecule has 0 saturated heterocycles. The van der Waals surface area contributed by atoms with E-state index in [1.165, 1.54) is 103 Å². The zero-order valence-corrected chi connectivity index (χ0v) is 22.9. The quantitative estimate of drug-likeness (QED) is 0.233. The van der Waals surface area contributed by atoms with Gasteiger partial charge in [0.2, 0.25) is 0 Å². The highest BCUT2D eigenvalue weighted by atomic mass is 16.3. The van der Waals surface area contributed by atoms with E-state index in [0.29, 0.717) is 0 Å². The molecular formula is C37H30N2O. The Bertz CT molecular complexity index is 2280. The van der Waals surface area contributed by atoms with Crippen LogP contribution in [0, 0.1) is 19.8 Å². The van der Waals surface area contributed by atoms with Crippen molar-refractivity contribution in [3.63, 3.8) is 0 Å². The van der Waals surface area contributed by atoms with Crippen LogP contribution in [0.15, 0.2) is 83.4 Å². The van der Waals surface area contributed by atoms with Gasteiger partial charge in [-0.1, -0.05) is 56.0 Å².